The van der Waals surface area contributed by atoms with Crippen LogP contribution in [0.4, 0.5) is 5.13 Å². The summed E-state index contributed by atoms with van der Waals surface area (Å²) >= 11 is 1.55. The number of rotatable bonds is 4. The minimum atomic E-state index is -0.239. The summed E-state index contributed by atoms with van der Waals surface area (Å²) in [5.41, 5.74) is 1.00. The summed E-state index contributed by atoms with van der Waals surface area (Å²) in [6, 6.07) is 0.360. The first-order valence-corrected chi connectivity index (χ1v) is 8.57. The van der Waals surface area contributed by atoms with Gasteiger partial charge in [0.25, 0.3) is 0 Å². The molecule has 0 radical (unpaired) electrons. The lowest BCUT2D eigenvalue weighted by Crippen LogP contribution is -2.42. The number of thiazole rings is 1. The first-order valence-electron chi connectivity index (χ1n) is 7.69. The van der Waals surface area contributed by atoms with Crippen LogP contribution < -0.4 is 4.90 Å². The van der Waals surface area contributed by atoms with Crippen LogP contribution in [-0.2, 0) is 11.3 Å². The lowest BCUT2D eigenvalue weighted by atomic mass is 9.96. The molecule has 2 heterocycles. The highest BCUT2D eigenvalue weighted by molar-refractivity contribution is 7.14. The number of carbonyl (C=O) groups is 1. The van der Waals surface area contributed by atoms with Gasteiger partial charge < -0.3 is 5.11 Å². The second-order valence-corrected chi connectivity index (χ2v) is 7.15. The molecule has 1 aromatic heterocycles. The van der Waals surface area contributed by atoms with Gasteiger partial charge in [0.15, 0.2) is 5.13 Å². The van der Waals surface area contributed by atoms with Crippen LogP contribution in [0.2, 0.25) is 0 Å². The molecule has 1 N–H and O–H groups in total. The van der Waals surface area contributed by atoms with Gasteiger partial charge in [-0.25, -0.2) is 4.98 Å². The Morgan fingerprint density at radius 1 is 1.52 bits per heavy atom. The number of aliphatic hydroxyl groups excluding tert-OH is 1. The van der Waals surface area contributed by atoms with Crippen molar-refractivity contribution in [3.05, 3.63) is 11.1 Å². The topological polar surface area (TPSA) is 56.7 Å². The highest BCUT2D eigenvalue weighted by Crippen LogP contribution is 2.34. The average molecular weight is 309 g/mol. The van der Waals surface area contributed by atoms with Crippen LogP contribution in [0.25, 0.3) is 0 Å². The van der Waals surface area contributed by atoms with Crippen molar-refractivity contribution in [2.75, 3.05) is 18.0 Å². The number of nitrogens with zero attached hydrogens (tertiary/aromatic N) is 3. The fourth-order valence-electron chi connectivity index (χ4n) is 2.85. The van der Waals surface area contributed by atoms with E-state index in [1.165, 1.54) is 0 Å². The number of hydrogen-bond acceptors (Lipinski definition) is 5. The molecule has 1 aliphatic carbocycles. The van der Waals surface area contributed by atoms with Crippen LogP contribution in [0.1, 0.15) is 38.8 Å². The summed E-state index contributed by atoms with van der Waals surface area (Å²) in [5.74, 6) is 0.468. The van der Waals surface area contributed by atoms with Crippen LogP contribution in [0.5, 0.6) is 0 Å². The lowest BCUT2D eigenvalue weighted by molar-refractivity contribution is -0.116. The van der Waals surface area contributed by atoms with E-state index in [9.17, 15) is 9.90 Å². The van der Waals surface area contributed by atoms with E-state index in [-0.39, 0.29) is 12.0 Å². The van der Waals surface area contributed by atoms with Crippen molar-refractivity contribution in [3.8, 4) is 0 Å². The summed E-state index contributed by atoms with van der Waals surface area (Å²) in [5, 5.41) is 12.8. The fourth-order valence-corrected chi connectivity index (χ4v) is 3.78. The van der Waals surface area contributed by atoms with Crippen LogP contribution in [0.15, 0.2) is 5.38 Å². The number of carbonyl (C=O) groups excluding carboxylic acids is 1. The summed E-state index contributed by atoms with van der Waals surface area (Å²) in [7, 11) is 0. The van der Waals surface area contributed by atoms with Gasteiger partial charge >= 0.3 is 0 Å². The molecule has 6 heteroatoms. The highest BCUT2D eigenvalue weighted by Gasteiger charge is 2.34. The third-order valence-electron chi connectivity index (χ3n) is 4.39. The van der Waals surface area contributed by atoms with E-state index in [0.29, 0.717) is 18.5 Å². The molecule has 1 saturated carbocycles. The van der Waals surface area contributed by atoms with Gasteiger partial charge in [0.2, 0.25) is 5.91 Å². The quantitative estimate of drug-likeness (QED) is 0.922. The van der Waals surface area contributed by atoms with Crippen molar-refractivity contribution in [2.24, 2.45) is 5.92 Å². The van der Waals surface area contributed by atoms with E-state index in [1.54, 1.807) is 18.3 Å². The number of aromatic nitrogens is 1. The number of amides is 1. The molecule has 1 aliphatic heterocycles. The zero-order valence-electron chi connectivity index (χ0n) is 12.7. The Morgan fingerprint density at radius 3 is 2.90 bits per heavy atom. The summed E-state index contributed by atoms with van der Waals surface area (Å²) in [6.45, 7) is 6.19. The van der Waals surface area contributed by atoms with Crippen LogP contribution in [0, 0.1) is 5.92 Å². The molecule has 116 valence electrons. The van der Waals surface area contributed by atoms with Crippen molar-refractivity contribution >= 4 is 22.4 Å². The standard InChI is InChI=1S/C15H23N3O2S/c1-10-5-6-17(8-14(10)20)7-12-9-21-15(16-12)18(11(2)19)13-3-4-13/h9-10,13-14,20H,3-8H2,1-2H3. The maximum Gasteiger partial charge on any atom is 0.225 e. The maximum absolute atomic E-state index is 11.8. The molecular formula is C15H23N3O2S. The Labute approximate surface area is 129 Å². The first kappa shape index (κ1) is 14.9. The van der Waals surface area contributed by atoms with Gasteiger partial charge in [0, 0.05) is 31.4 Å². The van der Waals surface area contributed by atoms with E-state index in [0.717, 1.165) is 43.2 Å². The lowest BCUT2D eigenvalue weighted by Gasteiger charge is -2.33. The number of likely N-dealkylation sites (tertiary alicyclic amines) is 1. The van der Waals surface area contributed by atoms with E-state index in [1.807, 2.05) is 10.3 Å². The zero-order valence-corrected chi connectivity index (χ0v) is 13.5. The number of β-amino-alcohol motifs (C(OH)–C–C–N with tert-alkyl or cyclic N) is 1. The Hall–Kier alpha value is -0.980. The summed E-state index contributed by atoms with van der Waals surface area (Å²) < 4.78 is 0. The second-order valence-electron chi connectivity index (χ2n) is 6.31. The third kappa shape index (κ3) is 3.44. The SMILES string of the molecule is CC(=O)N(c1nc(CN2CCC(C)C(O)C2)cs1)C1CC1. The predicted octanol–water partition coefficient (Wildman–Crippen LogP) is 1.86. The molecule has 1 aromatic rings. The van der Waals surface area contributed by atoms with E-state index in [2.05, 4.69) is 16.8 Å². The van der Waals surface area contributed by atoms with Gasteiger partial charge in [-0.05, 0) is 31.7 Å². The minimum absolute atomic E-state index is 0.0839. The molecule has 0 spiro atoms. The van der Waals surface area contributed by atoms with Crippen molar-refractivity contribution in [1.82, 2.24) is 9.88 Å². The van der Waals surface area contributed by atoms with Crippen molar-refractivity contribution in [3.63, 3.8) is 0 Å². The van der Waals surface area contributed by atoms with Gasteiger partial charge in [-0.2, -0.15) is 0 Å². The van der Waals surface area contributed by atoms with Gasteiger partial charge in [0.1, 0.15) is 0 Å². The molecule has 1 amide bonds. The van der Waals surface area contributed by atoms with Crippen LogP contribution >= 0.6 is 11.3 Å². The molecule has 1 saturated heterocycles. The number of hydrogen-bond donors (Lipinski definition) is 1. The predicted molar refractivity (Wildman–Crippen MR) is 83.4 cm³/mol. The average Bonchev–Trinajstić information content (AvgIpc) is 3.14. The van der Waals surface area contributed by atoms with Gasteiger partial charge in [-0.1, -0.05) is 6.92 Å². The first-order chi connectivity index (χ1) is 10.0. The second kappa shape index (κ2) is 6.02. The number of aliphatic hydroxyl groups is 1. The largest absolute Gasteiger partial charge is 0.392 e. The summed E-state index contributed by atoms with van der Waals surface area (Å²) in [4.78, 5) is 20.5. The van der Waals surface area contributed by atoms with E-state index >= 15 is 0 Å². The zero-order chi connectivity index (χ0) is 15.0. The van der Waals surface area contributed by atoms with Crippen molar-refractivity contribution in [2.45, 2.75) is 51.8 Å². The summed E-state index contributed by atoms with van der Waals surface area (Å²) in [6.07, 6.45) is 2.96. The van der Waals surface area contributed by atoms with Crippen LogP contribution in [0.3, 0.4) is 0 Å². The molecule has 21 heavy (non-hydrogen) atoms. The normalized spacial score (nSPS) is 26.8. The Morgan fingerprint density at radius 2 is 2.29 bits per heavy atom. The third-order valence-corrected chi connectivity index (χ3v) is 5.27. The Bertz CT molecular complexity index is 515. The Kier molecular flexibility index (Phi) is 4.28. The van der Waals surface area contributed by atoms with Gasteiger partial charge in [0.05, 0.1) is 11.8 Å². The molecule has 5 nitrogen and oxygen atoms in total. The smallest absolute Gasteiger partial charge is 0.225 e. The van der Waals surface area contributed by atoms with Crippen molar-refractivity contribution < 1.29 is 9.90 Å². The maximum atomic E-state index is 11.8. The highest BCUT2D eigenvalue weighted by atomic mass is 32.1. The van der Waals surface area contributed by atoms with Crippen molar-refractivity contribution in [1.29, 1.82) is 0 Å². The molecule has 2 unspecified atom stereocenters. The van der Waals surface area contributed by atoms with Gasteiger partial charge in [-0.3, -0.25) is 14.6 Å². The minimum Gasteiger partial charge on any atom is -0.392 e. The molecule has 2 aliphatic rings. The van der Waals surface area contributed by atoms with Gasteiger partial charge in [-0.15, -0.1) is 11.3 Å². The molecule has 0 aromatic carbocycles. The van der Waals surface area contributed by atoms with E-state index in [4.69, 9.17) is 0 Å². The molecule has 3 rings (SSSR count). The van der Waals surface area contributed by atoms with Crippen LogP contribution in [-0.4, -0.2) is 46.1 Å². The molecule has 0 bridgehead atoms. The molecule has 2 atom stereocenters. The monoisotopic (exact) mass is 309 g/mol. The number of anilines is 1. The van der Waals surface area contributed by atoms with E-state index < -0.39 is 0 Å². The molecular weight excluding hydrogens is 286 g/mol. The number of piperidine rings is 1. The Balaban J connectivity index is 1.63. The fraction of sp³-hybridized carbons (Fsp3) is 0.733. The molecule has 2 fully saturated rings.